The van der Waals surface area contributed by atoms with Gasteiger partial charge in [-0.1, -0.05) is 0 Å². The van der Waals surface area contributed by atoms with Crippen molar-refractivity contribution < 1.29 is 0 Å². The van der Waals surface area contributed by atoms with Crippen molar-refractivity contribution in [1.82, 2.24) is 14.5 Å². The molecule has 2 aromatic heterocycles. The SMILES string of the molecule is Cc1nc(-n2cnc(C#N)c2C#N)sc1C. The number of nitriles is 2. The van der Waals surface area contributed by atoms with Gasteiger partial charge >= 0.3 is 0 Å². The molecule has 0 aliphatic rings. The molecule has 6 heteroatoms. The Hall–Kier alpha value is -2.18. The summed E-state index contributed by atoms with van der Waals surface area (Å²) in [6.07, 6.45) is 1.45. The zero-order valence-electron chi connectivity index (χ0n) is 8.72. The van der Waals surface area contributed by atoms with Gasteiger partial charge in [0.25, 0.3) is 0 Å². The Kier molecular flexibility index (Phi) is 2.43. The van der Waals surface area contributed by atoms with Crippen LogP contribution in [0, 0.1) is 36.5 Å². The van der Waals surface area contributed by atoms with E-state index in [0.29, 0.717) is 5.13 Å². The van der Waals surface area contributed by atoms with Gasteiger partial charge < -0.3 is 0 Å². The Morgan fingerprint density at radius 1 is 1.31 bits per heavy atom. The number of nitrogens with zero attached hydrogens (tertiary/aromatic N) is 5. The van der Waals surface area contributed by atoms with E-state index in [2.05, 4.69) is 9.97 Å². The summed E-state index contributed by atoms with van der Waals surface area (Å²) in [6, 6.07) is 3.85. The highest BCUT2D eigenvalue weighted by molar-refractivity contribution is 7.14. The molecule has 5 nitrogen and oxygen atoms in total. The van der Waals surface area contributed by atoms with Gasteiger partial charge in [0.1, 0.15) is 18.5 Å². The van der Waals surface area contributed by atoms with Gasteiger partial charge in [-0.25, -0.2) is 9.97 Å². The topological polar surface area (TPSA) is 78.3 Å². The fraction of sp³-hybridized carbons (Fsp3) is 0.200. The molecule has 0 saturated heterocycles. The molecule has 0 fully saturated rings. The summed E-state index contributed by atoms with van der Waals surface area (Å²) >= 11 is 1.47. The van der Waals surface area contributed by atoms with Gasteiger partial charge in [-0.15, -0.1) is 11.3 Å². The van der Waals surface area contributed by atoms with Crippen molar-refractivity contribution in [2.45, 2.75) is 13.8 Å². The minimum Gasteiger partial charge on any atom is -0.264 e. The molecule has 2 aromatic rings. The zero-order chi connectivity index (χ0) is 11.7. The molecule has 2 rings (SSSR count). The van der Waals surface area contributed by atoms with E-state index in [-0.39, 0.29) is 11.4 Å². The third kappa shape index (κ3) is 1.46. The summed E-state index contributed by atoms with van der Waals surface area (Å²) in [6.45, 7) is 3.87. The summed E-state index contributed by atoms with van der Waals surface area (Å²) in [5.74, 6) is 0. The van der Waals surface area contributed by atoms with Gasteiger partial charge in [0, 0.05) is 4.88 Å². The monoisotopic (exact) mass is 229 g/mol. The summed E-state index contributed by atoms with van der Waals surface area (Å²) in [4.78, 5) is 9.27. The minimum absolute atomic E-state index is 0.132. The number of aryl methyl sites for hydroxylation is 2. The molecule has 78 valence electrons. The first-order valence-electron chi connectivity index (χ1n) is 4.49. The van der Waals surface area contributed by atoms with Gasteiger partial charge in [0.2, 0.25) is 0 Å². The van der Waals surface area contributed by atoms with Crippen molar-refractivity contribution in [2.75, 3.05) is 0 Å². The highest BCUT2D eigenvalue weighted by Gasteiger charge is 2.14. The molecule has 0 bridgehead atoms. The molecule has 0 saturated carbocycles. The maximum absolute atomic E-state index is 8.97. The maximum Gasteiger partial charge on any atom is 0.196 e. The predicted octanol–water partition coefficient (Wildman–Crippen LogP) is 1.69. The molecule has 0 aliphatic carbocycles. The molecule has 0 atom stereocenters. The van der Waals surface area contributed by atoms with Crippen LogP contribution < -0.4 is 0 Å². The van der Waals surface area contributed by atoms with Crippen LogP contribution >= 0.6 is 11.3 Å². The largest absolute Gasteiger partial charge is 0.264 e. The molecule has 0 aliphatic heterocycles. The van der Waals surface area contributed by atoms with E-state index in [9.17, 15) is 0 Å². The van der Waals surface area contributed by atoms with Crippen LogP contribution in [-0.4, -0.2) is 14.5 Å². The Bertz CT molecular complexity index is 603. The van der Waals surface area contributed by atoms with Crippen LogP contribution in [0.4, 0.5) is 0 Å². The third-order valence-corrected chi connectivity index (χ3v) is 3.27. The van der Waals surface area contributed by atoms with Crippen LogP contribution in [0.15, 0.2) is 6.33 Å². The number of hydrogen-bond acceptors (Lipinski definition) is 5. The molecule has 16 heavy (non-hydrogen) atoms. The first-order chi connectivity index (χ1) is 7.67. The lowest BCUT2D eigenvalue weighted by Crippen LogP contribution is -1.95. The molecule has 2 heterocycles. The lowest BCUT2D eigenvalue weighted by atomic mass is 10.4. The average molecular weight is 229 g/mol. The van der Waals surface area contributed by atoms with Crippen molar-refractivity contribution in [3.63, 3.8) is 0 Å². The Balaban J connectivity index is 2.62. The van der Waals surface area contributed by atoms with Gasteiger partial charge in [-0.3, -0.25) is 4.57 Å². The fourth-order valence-electron chi connectivity index (χ4n) is 1.24. The van der Waals surface area contributed by atoms with Gasteiger partial charge in [0.15, 0.2) is 16.5 Å². The zero-order valence-corrected chi connectivity index (χ0v) is 9.54. The number of thiazole rings is 1. The van der Waals surface area contributed by atoms with Crippen LogP contribution in [0.25, 0.3) is 5.13 Å². The quantitative estimate of drug-likeness (QED) is 0.745. The average Bonchev–Trinajstić information content (AvgIpc) is 2.82. The van der Waals surface area contributed by atoms with Gasteiger partial charge in [-0.05, 0) is 13.8 Å². The molecule has 0 unspecified atom stereocenters. The van der Waals surface area contributed by atoms with E-state index in [0.717, 1.165) is 10.6 Å². The van der Waals surface area contributed by atoms with Gasteiger partial charge in [-0.2, -0.15) is 10.5 Å². The van der Waals surface area contributed by atoms with Crippen molar-refractivity contribution in [3.05, 3.63) is 28.3 Å². The molecule has 0 spiro atoms. The predicted molar refractivity (Wildman–Crippen MR) is 58.1 cm³/mol. The summed E-state index contributed by atoms with van der Waals surface area (Å²) < 4.78 is 1.54. The number of rotatable bonds is 1. The number of hydrogen-bond donors (Lipinski definition) is 0. The third-order valence-electron chi connectivity index (χ3n) is 2.20. The molecule has 0 radical (unpaired) electrons. The van der Waals surface area contributed by atoms with E-state index in [1.807, 2.05) is 26.0 Å². The van der Waals surface area contributed by atoms with E-state index in [1.165, 1.54) is 17.7 Å². The van der Waals surface area contributed by atoms with Crippen LogP contribution in [0.5, 0.6) is 0 Å². The summed E-state index contributed by atoms with van der Waals surface area (Å²) in [7, 11) is 0. The highest BCUT2D eigenvalue weighted by Crippen LogP contribution is 2.22. The molecular weight excluding hydrogens is 222 g/mol. The fourth-order valence-corrected chi connectivity index (χ4v) is 2.13. The normalized spacial score (nSPS) is 9.75. The van der Waals surface area contributed by atoms with Gasteiger partial charge in [0.05, 0.1) is 5.69 Å². The van der Waals surface area contributed by atoms with Crippen molar-refractivity contribution in [3.8, 4) is 17.3 Å². The molecule has 0 amide bonds. The van der Waals surface area contributed by atoms with Crippen molar-refractivity contribution in [2.24, 2.45) is 0 Å². The van der Waals surface area contributed by atoms with E-state index in [4.69, 9.17) is 10.5 Å². The van der Waals surface area contributed by atoms with Crippen LogP contribution in [0.3, 0.4) is 0 Å². The van der Waals surface area contributed by atoms with Crippen molar-refractivity contribution >= 4 is 11.3 Å². The first-order valence-corrected chi connectivity index (χ1v) is 5.31. The maximum atomic E-state index is 8.97. The molecule has 0 N–H and O–H groups in total. The first kappa shape index (κ1) is 10.3. The van der Waals surface area contributed by atoms with Crippen molar-refractivity contribution in [1.29, 1.82) is 10.5 Å². The second-order valence-electron chi connectivity index (χ2n) is 3.17. The summed E-state index contributed by atoms with van der Waals surface area (Å²) in [5, 5.41) is 18.4. The second kappa shape index (κ2) is 3.76. The van der Waals surface area contributed by atoms with Crippen LogP contribution in [-0.2, 0) is 0 Å². The lowest BCUT2D eigenvalue weighted by molar-refractivity contribution is 0.998. The Morgan fingerprint density at radius 3 is 2.56 bits per heavy atom. The number of aromatic nitrogens is 3. The van der Waals surface area contributed by atoms with E-state index < -0.39 is 0 Å². The van der Waals surface area contributed by atoms with E-state index in [1.54, 1.807) is 4.57 Å². The molecular formula is C10H7N5S. The minimum atomic E-state index is 0.132. The Morgan fingerprint density at radius 2 is 2.06 bits per heavy atom. The summed E-state index contributed by atoms with van der Waals surface area (Å²) in [5.41, 5.74) is 1.29. The smallest absolute Gasteiger partial charge is 0.196 e. The second-order valence-corrected chi connectivity index (χ2v) is 4.36. The van der Waals surface area contributed by atoms with Crippen LogP contribution in [0.1, 0.15) is 22.0 Å². The highest BCUT2D eigenvalue weighted by atomic mass is 32.1. The van der Waals surface area contributed by atoms with E-state index >= 15 is 0 Å². The van der Waals surface area contributed by atoms with Crippen LogP contribution in [0.2, 0.25) is 0 Å². The Labute approximate surface area is 96.2 Å². The number of imidazole rings is 1. The lowest BCUT2D eigenvalue weighted by Gasteiger charge is -1.95. The molecule has 0 aromatic carbocycles. The standard InChI is InChI=1S/C10H7N5S/c1-6-7(2)16-10(14-6)15-5-13-8(3-11)9(15)4-12/h5H,1-2H3.